The summed E-state index contributed by atoms with van der Waals surface area (Å²) in [5.74, 6) is -0.258. The fraction of sp³-hybridized carbons (Fsp3) is 0.188. The number of benzene rings is 2. The highest BCUT2D eigenvalue weighted by Crippen LogP contribution is 2.29. The van der Waals surface area contributed by atoms with Gasteiger partial charge in [-0.3, -0.25) is 4.79 Å². The van der Waals surface area contributed by atoms with E-state index in [0.29, 0.717) is 21.3 Å². The molecule has 0 saturated heterocycles. The van der Waals surface area contributed by atoms with Crippen LogP contribution in [0.5, 0.6) is 0 Å². The number of rotatable bonds is 4. The maximum Gasteiger partial charge on any atom is 0.257 e. The molecule has 1 N–H and O–H groups in total. The summed E-state index contributed by atoms with van der Waals surface area (Å²) in [6.45, 7) is 0. The summed E-state index contributed by atoms with van der Waals surface area (Å²) in [6.07, 6.45) is 1.95. The number of amides is 1. The lowest BCUT2D eigenvalue weighted by molar-refractivity contribution is 0.102. The first-order chi connectivity index (χ1) is 10.4. The second-order valence-corrected chi connectivity index (χ2v) is 6.58. The molecule has 2 aromatic carbocycles. The third-order valence-electron chi connectivity index (χ3n) is 3.11. The van der Waals surface area contributed by atoms with Crippen molar-refractivity contribution < 1.29 is 4.79 Å². The summed E-state index contributed by atoms with van der Waals surface area (Å²) in [5, 5.41) is 3.86. The molecule has 0 aliphatic rings. The number of halogens is 2. The average Bonchev–Trinajstić information content (AvgIpc) is 2.47. The highest BCUT2D eigenvalue weighted by Gasteiger charge is 2.14. The van der Waals surface area contributed by atoms with Crippen LogP contribution in [0.3, 0.4) is 0 Å². The van der Waals surface area contributed by atoms with Crippen molar-refractivity contribution in [2.45, 2.75) is 4.90 Å². The Balaban J connectivity index is 2.35. The van der Waals surface area contributed by atoms with Crippen molar-refractivity contribution in [3.63, 3.8) is 0 Å². The van der Waals surface area contributed by atoms with Gasteiger partial charge in [-0.25, -0.2) is 0 Å². The monoisotopic (exact) mass is 354 g/mol. The molecule has 0 fully saturated rings. The molecule has 6 heteroatoms. The topological polar surface area (TPSA) is 32.3 Å². The van der Waals surface area contributed by atoms with E-state index in [1.54, 1.807) is 36.0 Å². The van der Waals surface area contributed by atoms with Gasteiger partial charge in [0, 0.05) is 24.0 Å². The largest absolute Gasteiger partial charge is 0.376 e. The Hall–Kier alpha value is -1.36. The molecule has 0 unspecified atom stereocenters. The number of nitrogens with one attached hydrogen (secondary N) is 1. The summed E-state index contributed by atoms with van der Waals surface area (Å²) in [4.78, 5) is 15.4. The van der Waals surface area contributed by atoms with Gasteiger partial charge in [-0.2, -0.15) is 0 Å². The molecule has 0 radical (unpaired) electrons. The maximum atomic E-state index is 12.5. The van der Waals surface area contributed by atoms with Crippen LogP contribution in [0.1, 0.15) is 10.4 Å². The standard InChI is InChI=1S/C16H16Cl2N2OS/c1-20(2)15-7-4-10(17)8-14(15)19-16(21)12-9-11(22-3)5-6-13(12)18/h4-9H,1-3H3,(H,19,21). The quantitative estimate of drug-likeness (QED) is 0.781. The molecule has 0 aliphatic carbocycles. The number of anilines is 2. The number of hydrogen-bond donors (Lipinski definition) is 1. The van der Waals surface area contributed by atoms with Crippen molar-refractivity contribution in [2.75, 3.05) is 30.6 Å². The second-order valence-electron chi connectivity index (χ2n) is 4.86. The van der Waals surface area contributed by atoms with E-state index in [-0.39, 0.29) is 5.91 Å². The lowest BCUT2D eigenvalue weighted by Gasteiger charge is -2.18. The van der Waals surface area contributed by atoms with Gasteiger partial charge in [0.25, 0.3) is 5.91 Å². The van der Waals surface area contributed by atoms with E-state index in [9.17, 15) is 4.79 Å². The number of hydrogen-bond acceptors (Lipinski definition) is 3. The lowest BCUT2D eigenvalue weighted by Crippen LogP contribution is -2.17. The zero-order valence-electron chi connectivity index (χ0n) is 12.5. The molecule has 2 aromatic rings. The fourth-order valence-corrected chi connectivity index (χ4v) is 2.81. The first-order valence-electron chi connectivity index (χ1n) is 6.54. The van der Waals surface area contributed by atoms with E-state index in [0.717, 1.165) is 10.6 Å². The molecule has 3 nitrogen and oxygen atoms in total. The van der Waals surface area contributed by atoms with E-state index >= 15 is 0 Å². The van der Waals surface area contributed by atoms with Crippen LogP contribution in [0, 0.1) is 0 Å². The normalized spacial score (nSPS) is 10.4. The minimum atomic E-state index is -0.258. The molecule has 0 saturated carbocycles. The predicted octanol–water partition coefficient (Wildman–Crippen LogP) is 5.03. The molecule has 22 heavy (non-hydrogen) atoms. The Morgan fingerprint density at radius 3 is 2.50 bits per heavy atom. The Kier molecular flexibility index (Phi) is 5.62. The van der Waals surface area contributed by atoms with E-state index in [4.69, 9.17) is 23.2 Å². The van der Waals surface area contributed by atoms with Gasteiger partial charge in [-0.15, -0.1) is 11.8 Å². The highest BCUT2D eigenvalue weighted by molar-refractivity contribution is 7.98. The fourth-order valence-electron chi connectivity index (χ4n) is 1.99. The maximum absolute atomic E-state index is 12.5. The Bertz CT molecular complexity index is 705. The average molecular weight is 355 g/mol. The number of thioether (sulfide) groups is 1. The molecule has 0 bridgehead atoms. The third-order valence-corrected chi connectivity index (χ3v) is 4.40. The zero-order valence-corrected chi connectivity index (χ0v) is 14.8. The Labute approximate surface area is 144 Å². The van der Waals surface area contributed by atoms with Crippen LogP contribution in [0.4, 0.5) is 11.4 Å². The summed E-state index contributed by atoms with van der Waals surface area (Å²) in [6, 6.07) is 10.8. The molecule has 0 atom stereocenters. The van der Waals surface area contributed by atoms with Gasteiger partial charge in [-0.1, -0.05) is 23.2 Å². The smallest absolute Gasteiger partial charge is 0.257 e. The summed E-state index contributed by atoms with van der Waals surface area (Å²) < 4.78 is 0. The van der Waals surface area contributed by atoms with E-state index in [1.165, 1.54) is 0 Å². The van der Waals surface area contributed by atoms with E-state index in [1.807, 2.05) is 37.4 Å². The van der Waals surface area contributed by atoms with Crippen molar-refractivity contribution in [2.24, 2.45) is 0 Å². The predicted molar refractivity (Wildman–Crippen MR) is 97.0 cm³/mol. The van der Waals surface area contributed by atoms with Gasteiger partial charge in [0.2, 0.25) is 0 Å². The van der Waals surface area contributed by atoms with Crippen molar-refractivity contribution in [3.05, 3.63) is 52.0 Å². The van der Waals surface area contributed by atoms with E-state index in [2.05, 4.69) is 5.32 Å². The first-order valence-corrected chi connectivity index (χ1v) is 8.52. The van der Waals surface area contributed by atoms with Gasteiger partial charge in [-0.05, 0) is 42.7 Å². The molecule has 1 amide bonds. The third kappa shape index (κ3) is 3.88. The van der Waals surface area contributed by atoms with Crippen LogP contribution < -0.4 is 10.2 Å². The number of carbonyl (C=O) groups excluding carboxylic acids is 1. The van der Waals surface area contributed by atoms with Gasteiger partial charge in [0.05, 0.1) is 22.0 Å². The summed E-state index contributed by atoms with van der Waals surface area (Å²) in [5.41, 5.74) is 1.96. The SMILES string of the molecule is CSc1ccc(Cl)c(C(=O)Nc2cc(Cl)ccc2N(C)C)c1. The minimum Gasteiger partial charge on any atom is -0.376 e. The summed E-state index contributed by atoms with van der Waals surface area (Å²) in [7, 11) is 3.81. The van der Waals surface area contributed by atoms with Gasteiger partial charge < -0.3 is 10.2 Å². The summed E-state index contributed by atoms with van der Waals surface area (Å²) >= 11 is 13.7. The lowest BCUT2D eigenvalue weighted by atomic mass is 10.2. The van der Waals surface area contributed by atoms with Crippen LogP contribution in [-0.2, 0) is 0 Å². The minimum absolute atomic E-state index is 0.258. The van der Waals surface area contributed by atoms with Crippen LogP contribution in [0.2, 0.25) is 10.0 Å². The molecular formula is C16H16Cl2N2OS. The van der Waals surface area contributed by atoms with Crippen LogP contribution in [0.25, 0.3) is 0 Å². The molecule has 0 aliphatic heterocycles. The molecule has 0 spiro atoms. The van der Waals surface area contributed by atoms with Crippen LogP contribution >= 0.6 is 35.0 Å². The van der Waals surface area contributed by atoms with Crippen molar-refractivity contribution in [1.29, 1.82) is 0 Å². The molecular weight excluding hydrogens is 339 g/mol. The zero-order chi connectivity index (χ0) is 16.3. The number of carbonyl (C=O) groups is 1. The van der Waals surface area contributed by atoms with Crippen molar-refractivity contribution >= 4 is 52.2 Å². The van der Waals surface area contributed by atoms with Crippen molar-refractivity contribution in [1.82, 2.24) is 0 Å². The van der Waals surface area contributed by atoms with Gasteiger partial charge in [0.1, 0.15) is 0 Å². The molecule has 0 aromatic heterocycles. The van der Waals surface area contributed by atoms with Crippen LogP contribution in [-0.4, -0.2) is 26.3 Å². The molecule has 116 valence electrons. The molecule has 2 rings (SSSR count). The van der Waals surface area contributed by atoms with E-state index < -0.39 is 0 Å². The number of nitrogens with zero attached hydrogens (tertiary/aromatic N) is 1. The highest BCUT2D eigenvalue weighted by atomic mass is 35.5. The second kappa shape index (κ2) is 7.27. The van der Waals surface area contributed by atoms with Crippen LogP contribution in [0.15, 0.2) is 41.3 Å². The first kappa shape index (κ1) is 17.0. The molecule has 0 heterocycles. The Morgan fingerprint density at radius 2 is 1.86 bits per heavy atom. The van der Waals surface area contributed by atoms with Gasteiger partial charge in [0.15, 0.2) is 0 Å². The van der Waals surface area contributed by atoms with Gasteiger partial charge >= 0.3 is 0 Å². The van der Waals surface area contributed by atoms with Crippen molar-refractivity contribution in [3.8, 4) is 0 Å². The Morgan fingerprint density at radius 1 is 1.14 bits per heavy atom.